The van der Waals surface area contributed by atoms with Gasteiger partial charge in [0.15, 0.2) is 0 Å². The van der Waals surface area contributed by atoms with Gasteiger partial charge in [0.25, 0.3) is 0 Å². The highest BCUT2D eigenvalue weighted by molar-refractivity contribution is 7.79. The summed E-state index contributed by atoms with van der Waals surface area (Å²) in [6.45, 7) is 2.01. The van der Waals surface area contributed by atoms with Crippen LogP contribution in [0.25, 0.3) is 11.1 Å². The molecule has 0 amide bonds. The van der Waals surface area contributed by atoms with Crippen LogP contribution in [-0.2, 0) is 0 Å². The third kappa shape index (κ3) is 3.43. The zero-order valence-electron chi connectivity index (χ0n) is 9.88. The lowest BCUT2D eigenvalue weighted by molar-refractivity contribution is 0.452. The molecule has 2 aromatic rings. The van der Waals surface area contributed by atoms with Crippen molar-refractivity contribution in [2.45, 2.75) is 6.92 Å². The number of thiol groups is 1. The van der Waals surface area contributed by atoms with Crippen molar-refractivity contribution in [1.82, 2.24) is 0 Å². The van der Waals surface area contributed by atoms with Gasteiger partial charge in [0.2, 0.25) is 0 Å². The van der Waals surface area contributed by atoms with Gasteiger partial charge in [0.05, 0.1) is 0 Å². The molecule has 0 radical (unpaired) electrons. The van der Waals surface area contributed by atoms with Gasteiger partial charge in [0.1, 0.15) is 11.5 Å². The van der Waals surface area contributed by atoms with Crippen molar-refractivity contribution in [3.63, 3.8) is 0 Å². The van der Waals surface area contributed by atoms with Gasteiger partial charge < -0.3 is 10.2 Å². The topological polar surface area (TPSA) is 40.5 Å². The summed E-state index contributed by atoms with van der Waals surface area (Å²) < 4.78 is 0. The van der Waals surface area contributed by atoms with E-state index in [0.29, 0.717) is 0 Å². The van der Waals surface area contributed by atoms with Crippen molar-refractivity contribution in [2.24, 2.45) is 0 Å². The Labute approximate surface area is 107 Å². The monoisotopic (exact) mass is 248 g/mol. The molecule has 17 heavy (non-hydrogen) atoms. The third-order valence-electron chi connectivity index (χ3n) is 2.34. The van der Waals surface area contributed by atoms with E-state index in [9.17, 15) is 5.11 Å². The highest BCUT2D eigenvalue weighted by Crippen LogP contribution is 2.31. The first kappa shape index (κ1) is 13.5. The molecular formula is C14H16O2S. The number of rotatable bonds is 1. The zero-order valence-corrected chi connectivity index (χ0v) is 10.8. The number of aryl methyl sites for hydroxylation is 1. The summed E-state index contributed by atoms with van der Waals surface area (Å²) in [7, 11) is 0. The molecule has 0 spiro atoms. The predicted molar refractivity (Wildman–Crippen MR) is 74.9 cm³/mol. The summed E-state index contributed by atoms with van der Waals surface area (Å²) in [6.07, 6.45) is 1.69. The second-order valence-electron chi connectivity index (χ2n) is 3.57. The average Bonchev–Trinajstić information content (AvgIpc) is 2.33. The summed E-state index contributed by atoms with van der Waals surface area (Å²) in [4.78, 5) is 0. The number of hydrogen-bond acceptors (Lipinski definition) is 3. The van der Waals surface area contributed by atoms with Crippen molar-refractivity contribution >= 4 is 12.6 Å². The quantitative estimate of drug-likeness (QED) is 0.675. The van der Waals surface area contributed by atoms with Crippen LogP contribution in [0.3, 0.4) is 0 Å². The van der Waals surface area contributed by atoms with E-state index in [1.807, 2.05) is 31.2 Å². The van der Waals surface area contributed by atoms with E-state index in [0.717, 1.165) is 11.1 Å². The van der Waals surface area contributed by atoms with Crippen LogP contribution in [0.1, 0.15) is 5.56 Å². The fourth-order valence-corrected chi connectivity index (χ4v) is 1.50. The Balaban J connectivity index is 0.000000686. The standard InChI is InChI=1S/C13H12O2.CH4S/c1-9-2-4-10(5-3-9)12-7-6-11(14)8-13(12)15;1-2/h2-8,14-15H,1H3;2H,1H3. The minimum absolute atomic E-state index is 0.0726. The molecule has 0 aliphatic carbocycles. The molecule has 3 heteroatoms. The minimum Gasteiger partial charge on any atom is -0.508 e. The highest BCUT2D eigenvalue weighted by atomic mass is 32.1. The molecule has 0 unspecified atom stereocenters. The number of benzene rings is 2. The van der Waals surface area contributed by atoms with E-state index >= 15 is 0 Å². The molecular weight excluding hydrogens is 232 g/mol. The van der Waals surface area contributed by atoms with Crippen LogP contribution >= 0.6 is 12.6 Å². The van der Waals surface area contributed by atoms with Crippen LogP contribution in [0.5, 0.6) is 11.5 Å². The molecule has 0 aromatic heterocycles. The Hall–Kier alpha value is -1.61. The van der Waals surface area contributed by atoms with E-state index in [1.165, 1.54) is 11.6 Å². The fraction of sp³-hybridized carbons (Fsp3) is 0.143. The first-order chi connectivity index (χ1) is 8.16. The molecule has 0 atom stereocenters. The van der Waals surface area contributed by atoms with Gasteiger partial charge in [-0.05, 0) is 30.9 Å². The van der Waals surface area contributed by atoms with Crippen LogP contribution in [-0.4, -0.2) is 16.5 Å². The first-order valence-electron chi connectivity index (χ1n) is 5.20. The lowest BCUT2D eigenvalue weighted by Crippen LogP contribution is -1.79. The molecule has 2 rings (SSSR count). The van der Waals surface area contributed by atoms with E-state index in [4.69, 9.17) is 5.11 Å². The van der Waals surface area contributed by atoms with Gasteiger partial charge in [-0.3, -0.25) is 0 Å². The average molecular weight is 248 g/mol. The van der Waals surface area contributed by atoms with Crippen LogP contribution < -0.4 is 0 Å². The summed E-state index contributed by atoms with van der Waals surface area (Å²) >= 11 is 3.53. The van der Waals surface area contributed by atoms with Gasteiger partial charge >= 0.3 is 0 Å². The van der Waals surface area contributed by atoms with Gasteiger partial charge in [0, 0.05) is 11.6 Å². The summed E-state index contributed by atoms with van der Waals surface area (Å²) in [5.41, 5.74) is 2.85. The predicted octanol–water partition coefficient (Wildman–Crippen LogP) is 3.62. The summed E-state index contributed by atoms with van der Waals surface area (Å²) in [5, 5.41) is 18.8. The summed E-state index contributed by atoms with van der Waals surface area (Å²) in [5.74, 6) is 0.169. The fourth-order valence-electron chi connectivity index (χ4n) is 1.50. The number of hydrogen-bond donors (Lipinski definition) is 3. The van der Waals surface area contributed by atoms with Crippen molar-refractivity contribution in [3.8, 4) is 22.6 Å². The maximum atomic E-state index is 9.65. The Morgan fingerprint density at radius 1 is 0.882 bits per heavy atom. The largest absolute Gasteiger partial charge is 0.508 e. The molecule has 0 saturated heterocycles. The molecule has 0 heterocycles. The molecule has 2 aromatic carbocycles. The number of phenols is 2. The molecule has 2 nitrogen and oxygen atoms in total. The molecule has 90 valence electrons. The van der Waals surface area contributed by atoms with Crippen molar-refractivity contribution in [2.75, 3.05) is 6.26 Å². The van der Waals surface area contributed by atoms with Crippen LogP contribution in [0.15, 0.2) is 42.5 Å². The van der Waals surface area contributed by atoms with E-state index in [1.54, 1.807) is 18.4 Å². The second-order valence-corrected chi connectivity index (χ2v) is 3.57. The molecule has 0 fully saturated rings. The number of phenolic OH excluding ortho intramolecular Hbond substituents is 2. The van der Waals surface area contributed by atoms with E-state index in [2.05, 4.69) is 12.6 Å². The number of aromatic hydroxyl groups is 2. The SMILES string of the molecule is CS.Cc1ccc(-c2ccc(O)cc2O)cc1. The Bertz CT molecular complexity index is 478. The van der Waals surface area contributed by atoms with Gasteiger partial charge in [-0.25, -0.2) is 0 Å². The van der Waals surface area contributed by atoms with E-state index < -0.39 is 0 Å². The molecule has 2 N–H and O–H groups in total. The first-order valence-corrected chi connectivity index (χ1v) is 6.10. The van der Waals surface area contributed by atoms with Crippen molar-refractivity contribution in [1.29, 1.82) is 0 Å². The Morgan fingerprint density at radius 3 is 2.00 bits per heavy atom. The molecule has 0 aliphatic rings. The smallest absolute Gasteiger partial charge is 0.127 e. The van der Waals surface area contributed by atoms with Crippen LogP contribution in [0, 0.1) is 6.92 Å². The lowest BCUT2D eigenvalue weighted by atomic mass is 10.0. The summed E-state index contributed by atoms with van der Waals surface area (Å²) in [6, 6.07) is 12.5. The van der Waals surface area contributed by atoms with Crippen LogP contribution in [0.4, 0.5) is 0 Å². The normalized spacial score (nSPS) is 9.35. The maximum absolute atomic E-state index is 9.65. The highest BCUT2D eigenvalue weighted by Gasteiger charge is 2.04. The van der Waals surface area contributed by atoms with Crippen molar-refractivity contribution in [3.05, 3.63) is 48.0 Å². The zero-order chi connectivity index (χ0) is 12.8. The van der Waals surface area contributed by atoms with Crippen LogP contribution in [0.2, 0.25) is 0 Å². The Morgan fingerprint density at radius 2 is 1.47 bits per heavy atom. The Kier molecular flexibility index (Phi) is 4.91. The molecule has 0 aliphatic heterocycles. The molecule has 0 bridgehead atoms. The van der Waals surface area contributed by atoms with Gasteiger partial charge in [-0.1, -0.05) is 29.8 Å². The van der Waals surface area contributed by atoms with Gasteiger partial charge in [-0.2, -0.15) is 12.6 Å². The third-order valence-corrected chi connectivity index (χ3v) is 2.34. The lowest BCUT2D eigenvalue weighted by Gasteiger charge is -2.05. The minimum atomic E-state index is 0.0726. The second kappa shape index (κ2) is 6.21. The maximum Gasteiger partial charge on any atom is 0.127 e. The van der Waals surface area contributed by atoms with Crippen molar-refractivity contribution < 1.29 is 10.2 Å². The van der Waals surface area contributed by atoms with E-state index in [-0.39, 0.29) is 11.5 Å². The molecule has 0 saturated carbocycles. The van der Waals surface area contributed by atoms with Gasteiger partial charge in [-0.15, -0.1) is 0 Å².